The standard InChI is InChI=1S/C17H25N3O4/c21-16(19-13-17(22)10-2-3-11-17)18-12-4-1-5-14-6-8-15(9-7-14)20(23)24/h6-9,22H,1-5,10-13H2,(H2,18,19,21). The van der Waals surface area contributed by atoms with Gasteiger partial charge in [0.05, 0.1) is 10.5 Å². The molecule has 1 aromatic rings. The fourth-order valence-corrected chi connectivity index (χ4v) is 2.96. The second-order valence-electron chi connectivity index (χ2n) is 6.42. The van der Waals surface area contributed by atoms with Crippen LogP contribution >= 0.6 is 0 Å². The van der Waals surface area contributed by atoms with Gasteiger partial charge in [-0.3, -0.25) is 10.1 Å². The normalized spacial score (nSPS) is 15.9. The van der Waals surface area contributed by atoms with E-state index < -0.39 is 10.5 Å². The number of carbonyl (C=O) groups excluding carboxylic acids is 1. The van der Waals surface area contributed by atoms with Gasteiger partial charge in [0.1, 0.15) is 0 Å². The highest BCUT2D eigenvalue weighted by atomic mass is 16.6. The van der Waals surface area contributed by atoms with E-state index in [2.05, 4.69) is 10.6 Å². The lowest BCUT2D eigenvalue weighted by Crippen LogP contribution is -2.45. The van der Waals surface area contributed by atoms with Crippen LogP contribution in [-0.2, 0) is 6.42 Å². The molecule has 0 saturated heterocycles. The number of benzene rings is 1. The molecule has 3 N–H and O–H groups in total. The number of unbranched alkanes of at least 4 members (excludes halogenated alkanes) is 1. The smallest absolute Gasteiger partial charge is 0.314 e. The lowest BCUT2D eigenvalue weighted by Gasteiger charge is -2.22. The highest BCUT2D eigenvalue weighted by Gasteiger charge is 2.31. The average Bonchev–Trinajstić information content (AvgIpc) is 3.00. The maximum Gasteiger partial charge on any atom is 0.314 e. The van der Waals surface area contributed by atoms with Crippen LogP contribution in [-0.4, -0.2) is 34.8 Å². The molecule has 7 nitrogen and oxygen atoms in total. The molecule has 0 aromatic heterocycles. The van der Waals surface area contributed by atoms with Crippen molar-refractivity contribution in [1.82, 2.24) is 10.6 Å². The third-order valence-corrected chi connectivity index (χ3v) is 4.44. The van der Waals surface area contributed by atoms with Crippen LogP contribution in [0.1, 0.15) is 44.1 Å². The van der Waals surface area contributed by atoms with E-state index in [1.165, 1.54) is 12.1 Å². The van der Waals surface area contributed by atoms with Crippen molar-refractivity contribution in [2.45, 2.75) is 50.5 Å². The molecule has 0 unspecified atom stereocenters. The lowest BCUT2D eigenvalue weighted by molar-refractivity contribution is -0.384. The molecule has 2 rings (SSSR count). The van der Waals surface area contributed by atoms with Gasteiger partial charge in [-0.15, -0.1) is 0 Å². The second kappa shape index (κ2) is 8.63. The Morgan fingerprint density at radius 1 is 1.17 bits per heavy atom. The minimum atomic E-state index is -0.729. The number of nitrogens with one attached hydrogen (secondary N) is 2. The molecule has 0 radical (unpaired) electrons. The number of non-ortho nitro benzene ring substituents is 1. The molecule has 0 spiro atoms. The van der Waals surface area contributed by atoms with Gasteiger partial charge < -0.3 is 15.7 Å². The molecular formula is C17H25N3O4. The second-order valence-corrected chi connectivity index (χ2v) is 6.42. The largest absolute Gasteiger partial charge is 0.388 e. The minimum Gasteiger partial charge on any atom is -0.388 e. The third-order valence-electron chi connectivity index (χ3n) is 4.44. The Bertz CT molecular complexity index is 553. The number of nitrogens with zero attached hydrogens (tertiary/aromatic N) is 1. The van der Waals surface area contributed by atoms with Gasteiger partial charge in [0.15, 0.2) is 0 Å². The number of carbonyl (C=O) groups is 1. The van der Waals surface area contributed by atoms with Crippen molar-refractivity contribution < 1.29 is 14.8 Å². The molecule has 7 heteroatoms. The molecule has 1 aromatic carbocycles. The van der Waals surface area contributed by atoms with E-state index in [4.69, 9.17) is 0 Å². The summed E-state index contributed by atoms with van der Waals surface area (Å²) < 4.78 is 0. The van der Waals surface area contributed by atoms with Gasteiger partial charge in [-0.2, -0.15) is 0 Å². The summed E-state index contributed by atoms with van der Waals surface area (Å²) in [6.45, 7) is 0.874. The van der Waals surface area contributed by atoms with Crippen LogP contribution in [0.15, 0.2) is 24.3 Å². The van der Waals surface area contributed by atoms with Crippen molar-refractivity contribution in [2.24, 2.45) is 0 Å². The van der Waals surface area contributed by atoms with Gasteiger partial charge in [0, 0.05) is 25.2 Å². The number of hydrogen-bond donors (Lipinski definition) is 3. The number of amides is 2. The van der Waals surface area contributed by atoms with Crippen LogP contribution in [0.25, 0.3) is 0 Å². The van der Waals surface area contributed by atoms with E-state index in [0.29, 0.717) is 13.1 Å². The van der Waals surface area contributed by atoms with Gasteiger partial charge >= 0.3 is 6.03 Å². The summed E-state index contributed by atoms with van der Waals surface area (Å²) in [6, 6.07) is 6.30. The number of aliphatic hydroxyl groups is 1. The first kappa shape index (κ1) is 18.2. The zero-order chi connectivity index (χ0) is 17.4. The topological polar surface area (TPSA) is 104 Å². The molecular weight excluding hydrogens is 310 g/mol. The van der Waals surface area contributed by atoms with Crippen LogP contribution in [0.3, 0.4) is 0 Å². The summed E-state index contributed by atoms with van der Waals surface area (Å²) in [7, 11) is 0. The van der Waals surface area contributed by atoms with Gasteiger partial charge in [-0.05, 0) is 37.7 Å². The predicted octanol–water partition coefficient (Wildman–Crippen LogP) is 2.52. The third kappa shape index (κ3) is 5.81. The maximum absolute atomic E-state index is 11.7. The summed E-state index contributed by atoms with van der Waals surface area (Å²) in [5.41, 5.74) is 0.419. The summed E-state index contributed by atoms with van der Waals surface area (Å²) in [4.78, 5) is 21.8. The highest BCUT2D eigenvalue weighted by Crippen LogP contribution is 2.28. The molecule has 1 saturated carbocycles. The molecule has 0 heterocycles. The zero-order valence-electron chi connectivity index (χ0n) is 13.8. The fraction of sp³-hybridized carbons (Fsp3) is 0.588. The molecule has 24 heavy (non-hydrogen) atoms. The van der Waals surface area contributed by atoms with Crippen LogP contribution in [0.4, 0.5) is 10.5 Å². The number of urea groups is 1. The molecule has 2 amide bonds. The quantitative estimate of drug-likeness (QED) is 0.386. The van der Waals surface area contributed by atoms with Crippen LogP contribution in [0.2, 0.25) is 0 Å². The Labute approximate surface area is 141 Å². The van der Waals surface area contributed by atoms with Gasteiger partial charge in [-0.25, -0.2) is 4.79 Å². The number of aryl methyl sites for hydroxylation is 1. The first-order chi connectivity index (χ1) is 11.5. The van der Waals surface area contributed by atoms with Crippen molar-refractivity contribution in [2.75, 3.05) is 13.1 Å². The van der Waals surface area contributed by atoms with Crippen LogP contribution < -0.4 is 10.6 Å². The Morgan fingerprint density at radius 3 is 2.46 bits per heavy atom. The zero-order valence-corrected chi connectivity index (χ0v) is 13.8. The van der Waals surface area contributed by atoms with Crippen molar-refractivity contribution >= 4 is 11.7 Å². The molecule has 1 fully saturated rings. The monoisotopic (exact) mass is 335 g/mol. The van der Waals surface area contributed by atoms with E-state index >= 15 is 0 Å². The number of hydrogen-bond acceptors (Lipinski definition) is 4. The van der Waals surface area contributed by atoms with Crippen molar-refractivity contribution in [3.63, 3.8) is 0 Å². The summed E-state index contributed by atoms with van der Waals surface area (Å²) in [5, 5.41) is 26.2. The van der Waals surface area contributed by atoms with E-state index in [-0.39, 0.29) is 11.7 Å². The van der Waals surface area contributed by atoms with Crippen LogP contribution in [0.5, 0.6) is 0 Å². The average molecular weight is 335 g/mol. The maximum atomic E-state index is 11.7. The van der Waals surface area contributed by atoms with Gasteiger partial charge in [-0.1, -0.05) is 25.0 Å². The summed E-state index contributed by atoms with van der Waals surface area (Å²) in [6.07, 6.45) is 6.08. The SMILES string of the molecule is O=C(NCCCCc1ccc([N+](=O)[O-])cc1)NCC1(O)CCCC1. The lowest BCUT2D eigenvalue weighted by atomic mass is 10.0. The van der Waals surface area contributed by atoms with Crippen LogP contribution in [0, 0.1) is 10.1 Å². The van der Waals surface area contributed by atoms with Gasteiger partial charge in [0.25, 0.3) is 5.69 Å². The number of nitro groups is 1. The molecule has 1 aliphatic carbocycles. The minimum absolute atomic E-state index is 0.0982. The predicted molar refractivity (Wildman–Crippen MR) is 90.9 cm³/mol. The van der Waals surface area contributed by atoms with Crippen molar-refractivity contribution in [3.8, 4) is 0 Å². The highest BCUT2D eigenvalue weighted by molar-refractivity contribution is 5.73. The Balaban J connectivity index is 1.55. The molecule has 132 valence electrons. The molecule has 0 aliphatic heterocycles. The summed E-state index contributed by atoms with van der Waals surface area (Å²) >= 11 is 0. The number of rotatable bonds is 8. The van der Waals surface area contributed by atoms with Gasteiger partial charge in [0.2, 0.25) is 0 Å². The van der Waals surface area contributed by atoms with E-state index in [1.807, 2.05) is 0 Å². The Kier molecular flexibility index (Phi) is 6.54. The number of nitro benzene ring substituents is 1. The first-order valence-electron chi connectivity index (χ1n) is 8.46. The van der Waals surface area contributed by atoms with E-state index in [9.17, 15) is 20.0 Å². The van der Waals surface area contributed by atoms with Crippen molar-refractivity contribution in [1.29, 1.82) is 0 Å². The fourth-order valence-electron chi connectivity index (χ4n) is 2.96. The Hall–Kier alpha value is -2.15. The molecule has 1 aliphatic rings. The molecule has 0 atom stereocenters. The van der Waals surface area contributed by atoms with E-state index in [1.54, 1.807) is 12.1 Å². The van der Waals surface area contributed by atoms with E-state index in [0.717, 1.165) is 50.5 Å². The van der Waals surface area contributed by atoms with Crippen molar-refractivity contribution in [3.05, 3.63) is 39.9 Å². The summed E-state index contributed by atoms with van der Waals surface area (Å²) in [5.74, 6) is 0. The first-order valence-corrected chi connectivity index (χ1v) is 8.46. The molecule has 0 bridgehead atoms. The Morgan fingerprint density at radius 2 is 1.83 bits per heavy atom.